The van der Waals surface area contributed by atoms with Gasteiger partial charge in [0, 0.05) is 11.1 Å². The molecule has 0 bridgehead atoms. The van der Waals surface area contributed by atoms with Crippen LogP contribution in [0.25, 0.3) is 6.08 Å². The Bertz CT molecular complexity index is 1200. The molecular formula is C25H21N3O4. The van der Waals surface area contributed by atoms with Gasteiger partial charge >= 0.3 is 0 Å². The van der Waals surface area contributed by atoms with E-state index >= 15 is 0 Å². The number of nitrogens with zero attached hydrogens (tertiary/aromatic N) is 2. The first kappa shape index (κ1) is 20.9. The van der Waals surface area contributed by atoms with Crippen molar-refractivity contribution in [2.24, 2.45) is 4.99 Å². The van der Waals surface area contributed by atoms with Gasteiger partial charge in [-0.05, 0) is 42.0 Å². The minimum atomic E-state index is -0.452. The fourth-order valence-corrected chi connectivity index (χ4v) is 3.19. The average molecular weight is 427 g/mol. The number of ether oxygens (including phenoxy) is 2. The topological polar surface area (TPSA) is 80.2 Å². The summed E-state index contributed by atoms with van der Waals surface area (Å²) in [5.41, 5.74) is 4.73. The molecule has 0 aliphatic carbocycles. The van der Waals surface area contributed by atoms with Crippen molar-refractivity contribution in [1.29, 1.82) is 0 Å². The molecule has 0 fully saturated rings. The van der Waals surface area contributed by atoms with Crippen LogP contribution in [-0.4, -0.2) is 36.9 Å². The molecule has 3 aromatic carbocycles. The molecule has 0 saturated carbocycles. The van der Waals surface area contributed by atoms with E-state index in [1.807, 2.05) is 42.5 Å². The van der Waals surface area contributed by atoms with Gasteiger partial charge in [-0.2, -0.15) is 5.01 Å². The van der Waals surface area contributed by atoms with E-state index in [4.69, 9.17) is 9.47 Å². The molecule has 0 spiro atoms. The van der Waals surface area contributed by atoms with Crippen LogP contribution in [0.4, 0.5) is 0 Å². The van der Waals surface area contributed by atoms with Crippen molar-refractivity contribution in [3.8, 4) is 11.5 Å². The number of hydrazine groups is 1. The Hall–Kier alpha value is -4.39. The zero-order chi connectivity index (χ0) is 22.5. The molecule has 0 aromatic heterocycles. The zero-order valence-corrected chi connectivity index (χ0v) is 17.6. The zero-order valence-electron chi connectivity index (χ0n) is 17.6. The van der Waals surface area contributed by atoms with Crippen LogP contribution in [0.15, 0.2) is 89.6 Å². The lowest BCUT2D eigenvalue weighted by Crippen LogP contribution is -2.47. The number of carbonyl (C=O) groups excluding carboxylic acids is 2. The normalized spacial score (nSPS) is 14.3. The maximum atomic E-state index is 13.2. The van der Waals surface area contributed by atoms with Gasteiger partial charge in [-0.1, -0.05) is 48.5 Å². The van der Waals surface area contributed by atoms with Gasteiger partial charge in [0.1, 0.15) is 17.2 Å². The Morgan fingerprint density at radius 2 is 1.62 bits per heavy atom. The fraction of sp³-hybridized carbons (Fsp3) is 0.0800. The van der Waals surface area contributed by atoms with E-state index in [2.05, 4.69) is 10.4 Å². The Kier molecular flexibility index (Phi) is 5.98. The summed E-state index contributed by atoms with van der Waals surface area (Å²) in [4.78, 5) is 30.6. The third-order valence-electron chi connectivity index (χ3n) is 4.86. The lowest BCUT2D eigenvalue weighted by Gasteiger charge is -2.19. The van der Waals surface area contributed by atoms with Crippen molar-refractivity contribution in [2.75, 3.05) is 14.2 Å². The van der Waals surface area contributed by atoms with E-state index in [0.29, 0.717) is 28.5 Å². The number of rotatable bonds is 6. The van der Waals surface area contributed by atoms with Gasteiger partial charge in [0.25, 0.3) is 11.8 Å². The maximum absolute atomic E-state index is 13.2. The molecule has 1 aliphatic rings. The molecule has 1 N–H and O–H groups in total. The van der Waals surface area contributed by atoms with Gasteiger partial charge < -0.3 is 9.47 Å². The Balaban J connectivity index is 1.67. The van der Waals surface area contributed by atoms with E-state index in [9.17, 15) is 9.59 Å². The summed E-state index contributed by atoms with van der Waals surface area (Å²) in [7, 11) is 3.12. The second-order valence-electron chi connectivity index (χ2n) is 6.92. The number of nitrogens with one attached hydrogen (secondary N) is 1. The van der Waals surface area contributed by atoms with E-state index in [1.54, 1.807) is 49.6 Å². The molecule has 1 heterocycles. The number of benzene rings is 3. The number of carbonyl (C=O) groups is 2. The Morgan fingerprint density at radius 1 is 0.906 bits per heavy atom. The predicted molar refractivity (Wildman–Crippen MR) is 121 cm³/mol. The van der Waals surface area contributed by atoms with Crippen molar-refractivity contribution in [3.63, 3.8) is 0 Å². The molecule has 160 valence electrons. The molecule has 2 amide bonds. The van der Waals surface area contributed by atoms with Crippen molar-refractivity contribution >= 4 is 23.7 Å². The highest BCUT2D eigenvalue weighted by molar-refractivity contribution is 6.20. The lowest BCUT2D eigenvalue weighted by atomic mass is 10.2. The van der Waals surface area contributed by atoms with Gasteiger partial charge in [-0.3, -0.25) is 15.0 Å². The molecule has 0 radical (unpaired) electrons. The SMILES string of the molecule is COc1ccc(/C=C2\N=C(c3ccccc3)N(NC(=O)c3cccc(OC)c3)C2=O)cc1. The van der Waals surface area contributed by atoms with E-state index in [0.717, 1.165) is 5.56 Å². The fourth-order valence-electron chi connectivity index (χ4n) is 3.19. The van der Waals surface area contributed by atoms with Crippen LogP contribution in [0.2, 0.25) is 0 Å². The number of methoxy groups -OCH3 is 2. The van der Waals surface area contributed by atoms with Crippen LogP contribution in [0.5, 0.6) is 11.5 Å². The highest BCUT2D eigenvalue weighted by atomic mass is 16.5. The summed E-state index contributed by atoms with van der Waals surface area (Å²) < 4.78 is 10.4. The number of amides is 2. The van der Waals surface area contributed by atoms with Gasteiger partial charge in [0.05, 0.1) is 14.2 Å². The maximum Gasteiger partial charge on any atom is 0.297 e. The van der Waals surface area contributed by atoms with Crippen molar-refractivity contribution in [3.05, 3.63) is 101 Å². The summed E-state index contributed by atoms with van der Waals surface area (Å²) in [6.07, 6.45) is 1.67. The Morgan fingerprint density at radius 3 is 2.31 bits per heavy atom. The summed E-state index contributed by atoms with van der Waals surface area (Å²) in [6, 6.07) is 23.2. The van der Waals surface area contributed by atoms with Crippen molar-refractivity contribution < 1.29 is 19.1 Å². The summed E-state index contributed by atoms with van der Waals surface area (Å²) in [5.74, 6) is 0.710. The minimum Gasteiger partial charge on any atom is -0.497 e. The number of aliphatic imine (C=N–C) groups is 1. The van der Waals surface area contributed by atoms with Crippen LogP contribution in [0, 0.1) is 0 Å². The first-order valence-electron chi connectivity index (χ1n) is 9.88. The molecule has 1 aliphatic heterocycles. The van der Waals surface area contributed by atoms with Gasteiger partial charge in [0.2, 0.25) is 0 Å². The predicted octanol–water partition coefficient (Wildman–Crippen LogP) is 3.68. The van der Waals surface area contributed by atoms with Crippen LogP contribution in [-0.2, 0) is 4.79 Å². The van der Waals surface area contributed by atoms with E-state index < -0.39 is 11.8 Å². The molecule has 7 heteroatoms. The quantitative estimate of drug-likeness (QED) is 0.609. The van der Waals surface area contributed by atoms with Gasteiger partial charge in [-0.15, -0.1) is 0 Å². The molecule has 4 rings (SSSR count). The smallest absolute Gasteiger partial charge is 0.297 e. The monoisotopic (exact) mass is 427 g/mol. The summed E-state index contributed by atoms with van der Waals surface area (Å²) in [6.45, 7) is 0. The molecule has 7 nitrogen and oxygen atoms in total. The van der Waals surface area contributed by atoms with Crippen molar-refractivity contribution in [1.82, 2.24) is 10.4 Å². The molecule has 32 heavy (non-hydrogen) atoms. The largest absolute Gasteiger partial charge is 0.497 e. The van der Waals surface area contributed by atoms with Gasteiger partial charge in [0.15, 0.2) is 5.84 Å². The molecular weight excluding hydrogens is 406 g/mol. The minimum absolute atomic E-state index is 0.208. The second kappa shape index (κ2) is 9.18. The lowest BCUT2D eigenvalue weighted by molar-refractivity contribution is -0.124. The third-order valence-corrected chi connectivity index (χ3v) is 4.86. The van der Waals surface area contributed by atoms with Gasteiger partial charge in [-0.25, -0.2) is 4.99 Å². The number of hydrogen-bond acceptors (Lipinski definition) is 5. The molecule has 0 atom stereocenters. The first-order valence-corrected chi connectivity index (χ1v) is 9.88. The standard InChI is InChI=1S/C25H21N3O4/c1-31-20-13-11-17(12-14-20)15-22-25(30)28(23(26-22)18-7-4-3-5-8-18)27-24(29)19-9-6-10-21(16-19)32-2/h3-16H,1-2H3,(H,27,29)/b22-15-. The van der Waals surface area contributed by atoms with Crippen LogP contribution >= 0.6 is 0 Å². The highest BCUT2D eigenvalue weighted by Crippen LogP contribution is 2.22. The first-order chi connectivity index (χ1) is 15.6. The Labute approximate surface area is 185 Å². The van der Waals surface area contributed by atoms with E-state index in [-0.39, 0.29) is 5.70 Å². The van der Waals surface area contributed by atoms with Crippen LogP contribution in [0.3, 0.4) is 0 Å². The summed E-state index contributed by atoms with van der Waals surface area (Å²) in [5, 5.41) is 1.17. The molecule has 0 unspecified atom stereocenters. The molecule has 3 aromatic rings. The number of hydrogen-bond donors (Lipinski definition) is 1. The average Bonchev–Trinajstić information content (AvgIpc) is 3.15. The molecule has 0 saturated heterocycles. The van der Waals surface area contributed by atoms with Crippen molar-refractivity contribution in [2.45, 2.75) is 0 Å². The van der Waals surface area contributed by atoms with E-state index in [1.165, 1.54) is 12.1 Å². The van der Waals surface area contributed by atoms with Crippen LogP contribution in [0.1, 0.15) is 21.5 Å². The third kappa shape index (κ3) is 4.37. The highest BCUT2D eigenvalue weighted by Gasteiger charge is 2.33. The number of amidine groups is 1. The second-order valence-corrected chi connectivity index (χ2v) is 6.92. The van der Waals surface area contributed by atoms with Crippen LogP contribution < -0.4 is 14.9 Å². The summed E-state index contributed by atoms with van der Waals surface area (Å²) >= 11 is 0.